The normalized spacial score (nSPS) is 10.9. The summed E-state index contributed by atoms with van der Waals surface area (Å²) in [4.78, 5) is 28.5. The molecule has 4 aromatic rings. The van der Waals surface area contributed by atoms with Crippen molar-refractivity contribution < 1.29 is 14.1 Å². The van der Waals surface area contributed by atoms with E-state index in [1.807, 2.05) is 37.4 Å². The summed E-state index contributed by atoms with van der Waals surface area (Å²) in [5, 5.41) is 11.9. The number of nitrogens with one attached hydrogen (secondary N) is 1. The van der Waals surface area contributed by atoms with Crippen LogP contribution in [0.5, 0.6) is 0 Å². The second-order valence-electron chi connectivity index (χ2n) is 7.40. The molecule has 0 bridgehead atoms. The SMILES string of the molecule is CSc1nn(CC(=O)Nc2ccc(C(C)=O)cc2)c(N)c1-c1nc(-c2cccc(C)c2)no1. The van der Waals surface area contributed by atoms with Gasteiger partial charge in [-0.2, -0.15) is 10.1 Å². The van der Waals surface area contributed by atoms with E-state index in [4.69, 9.17) is 10.3 Å². The Bertz CT molecular complexity index is 1330. The Morgan fingerprint density at radius 3 is 2.61 bits per heavy atom. The van der Waals surface area contributed by atoms with E-state index in [1.54, 1.807) is 24.3 Å². The van der Waals surface area contributed by atoms with Gasteiger partial charge in [0.1, 0.15) is 23.0 Å². The highest BCUT2D eigenvalue weighted by Crippen LogP contribution is 2.35. The molecule has 0 aliphatic heterocycles. The maximum Gasteiger partial charge on any atom is 0.264 e. The average Bonchev–Trinajstić information content (AvgIpc) is 3.39. The monoisotopic (exact) mass is 462 g/mol. The van der Waals surface area contributed by atoms with Crippen molar-refractivity contribution in [1.82, 2.24) is 19.9 Å². The standard InChI is InChI=1S/C23H22N6O3S/c1-13-5-4-6-16(11-13)21-26-22(32-28-21)19-20(24)29(27-23(19)33-3)12-18(31)25-17-9-7-15(8-10-17)14(2)30/h4-11H,12,24H2,1-3H3,(H,25,31). The molecular weight excluding hydrogens is 440 g/mol. The molecule has 33 heavy (non-hydrogen) atoms. The van der Waals surface area contributed by atoms with Crippen LogP contribution < -0.4 is 11.1 Å². The Labute approximate surface area is 194 Å². The van der Waals surface area contributed by atoms with Gasteiger partial charge in [0, 0.05) is 16.8 Å². The largest absolute Gasteiger partial charge is 0.383 e. The molecule has 0 aliphatic rings. The van der Waals surface area contributed by atoms with Crippen LogP contribution in [0.2, 0.25) is 0 Å². The van der Waals surface area contributed by atoms with Gasteiger partial charge in [-0.15, -0.1) is 11.8 Å². The zero-order valence-electron chi connectivity index (χ0n) is 18.3. The van der Waals surface area contributed by atoms with Crippen LogP contribution in [-0.4, -0.2) is 37.9 Å². The number of aryl methyl sites for hydroxylation is 1. The zero-order chi connectivity index (χ0) is 23.5. The summed E-state index contributed by atoms with van der Waals surface area (Å²) in [6, 6.07) is 14.4. The lowest BCUT2D eigenvalue weighted by Crippen LogP contribution is -2.20. The molecule has 0 saturated carbocycles. The summed E-state index contributed by atoms with van der Waals surface area (Å²) >= 11 is 1.36. The molecule has 4 rings (SSSR count). The number of thioether (sulfide) groups is 1. The van der Waals surface area contributed by atoms with Crippen LogP contribution in [0.4, 0.5) is 11.5 Å². The number of nitrogens with zero attached hydrogens (tertiary/aromatic N) is 4. The molecule has 2 heterocycles. The number of Topliss-reactive ketones (excluding diaryl/α,β-unsaturated/α-hetero) is 1. The van der Waals surface area contributed by atoms with Crippen molar-refractivity contribution in [2.75, 3.05) is 17.3 Å². The highest BCUT2D eigenvalue weighted by Gasteiger charge is 2.24. The Morgan fingerprint density at radius 1 is 1.18 bits per heavy atom. The molecule has 2 aromatic carbocycles. The number of anilines is 2. The van der Waals surface area contributed by atoms with Crippen molar-refractivity contribution in [1.29, 1.82) is 0 Å². The van der Waals surface area contributed by atoms with Crippen molar-refractivity contribution in [3.05, 3.63) is 59.7 Å². The fourth-order valence-electron chi connectivity index (χ4n) is 3.27. The molecule has 0 saturated heterocycles. The number of carbonyl (C=O) groups excluding carboxylic acids is 2. The van der Waals surface area contributed by atoms with Crippen LogP contribution in [0.1, 0.15) is 22.8 Å². The van der Waals surface area contributed by atoms with Crippen molar-refractivity contribution >= 4 is 35.0 Å². The number of nitrogens with two attached hydrogens (primary N) is 1. The van der Waals surface area contributed by atoms with E-state index in [2.05, 4.69) is 20.6 Å². The summed E-state index contributed by atoms with van der Waals surface area (Å²) in [6.07, 6.45) is 1.85. The van der Waals surface area contributed by atoms with Gasteiger partial charge in [-0.05, 0) is 50.4 Å². The lowest BCUT2D eigenvalue weighted by Gasteiger charge is -2.07. The molecule has 0 aliphatic carbocycles. The van der Waals surface area contributed by atoms with E-state index in [9.17, 15) is 9.59 Å². The van der Waals surface area contributed by atoms with Gasteiger partial charge in [0.2, 0.25) is 11.7 Å². The van der Waals surface area contributed by atoms with Gasteiger partial charge < -0.3 is 15.6 Å². The number of hydrogen-bond donors (Lipinski definition) is 2. The molecule has 0 radical (unpaired) electrons. The summed E-state index contributed by atoms with van der Waals surface area (Å²) < 4.78 is 6.88. The lowest BCUT2D eigenvalue weighted by molar-refractivity contribution is -0.116. The number of hydrogen-bond acceptors (Lipinski definition) is 8. The van der Waals surface area contributed by atoms with Gasteiger partial charge >= 0.3 is 0 Å². The third kappa shape index (κ3) is 4.80. The van der Waals surface area contributed by atoms with Gasteiger partial charge in [0.15, 0.2) is 5.78 Å². The Kier molecular flexibility index (Phi) is 6.27. The first-order valence-corrected chi connectivity index (χ1v) is 11.3. The minimum absolute atomic E-state index is 0.0408. The molecule has 168 valence electrons. The average molecular weight is 463 g/mol. The van der Waals surface area contributed by atoms with Crippen LogP contribution in [-0.2, 0) is 11.3 Å². The van der Waals surface area contributed by atoms with Crippen molar-refractivity contribution in [3.63, 3.8) is 0 Å². The number of nitrogen functional groups attached to an aromatic ring is 1. The quantitative estimate of drug-likeness (QED) is 0.311. The topological polar surface area (TPSA) is 129 Å². The smallest absolute Gasteiger partial charge is 0.264 e. The number of aromatic nitrogens is 4. The van der Waals surface area contributed by atoms with Crippen molar-refractivity contribution in [2.45, 2.75) is 25.4 Å². The van der Waals surface area contributed by atoms with Gasteiger partial charge in [-0.25, -0.2) is 4.68 Å². The molecule has 0 fully saturated rings. The summed E-state index contributed by atoms with van der Waals surface area (Å²) in [6.45, 7) is 3.37. The van der Waals surface area contributed by atoms with E-state index < -0.39 is 0 Å². The molecule has 2 aromatic heterocycles. The Morgan fingerprint density at radius 2 is 1.94 bits per heavy atom. The lowest BCUT2D eigenvalue weighted by atomic mass is 10.1. The van der Waals surface area contributed by atoms with E-state index in [1.165, 1.54) is 23.4 Å². The summed E-state index contributed by atoms with van der Waals surface area (Å²) in [5.74, 6) is 0.575. The first-order valence-electron chi connectivity index (χ1n) is 10.1. The number of carbonyl (C=O) groups is 2. The highest BCUT2D eigenvalue weighted by atomic mass is 32.2. The van der Waals surface area contributed by atoms with Gasteiger partial charge in [0.25, 0.3) is 5.89 Å². The predicted molar refractivity (Wildman–Crippen MR) is 127 cm³/mol. The van der Waals surface area contributed by atoms with E-state index >= 15 is 0 Å². The molecule has 10 heteroatoms. The minimum atomic E-state index is -0.315. The molecule has 0 unspecified atom stereocenters. The Balaban J connectivity index is 1.55. The third-order valence-corrected chi connectivity index (χ3v) is 5.61. The van der Waals surface area contributed by atoms with Crippen LogP contribution in [0.3, 0.4) is 0 Å². The van der Waals surface area contributed by atoms with E-state index in [0.29, 0.717) is 27.7 Å². The predicted octanol–water partition coefficient (Wildman–Crippen LogP) is 4.05. The second-order valence-corrected chi connectivity index (χ2v) is 8.20. The number of benzene rings is 2. The second kappa shape index (κ2) is 9.29. The van der Waals surface area contributed by atoms with Gasteiger partial charge in [0.05, 0.1) is 0 Å². The highest BCUT2D eigenvalue weighted by molar-refractivity contribution is 7.98. The van der Waals surface area contributed by atoms with Crippen molar-refractivity contribution in [2.24, 2.45) is 0 Å². The van der Waals surface area contributed by atoms with Gasteiger partial charge in [-0.3, -0.25) is 9.59 Å². The van der Waals surface area contributed by atoms with Crippen molar-refractivity contribution in [3.8, 4) is 22.8 Å². The van der Waals surface area contributed by atoms with E-state index in [0.717, 1.165) is 11.1 Å². The van der Waals surface area contributed by atoms with Crippen LogP contribution >= 0.6 is 11.8 Å². The maximum absolute atomic E-state index is 12.6. The third-order valence-electron chi connectivity index (χ3n) is 4.94. The number of rotatable bonds is 7. The first-order chi connectivity index (χ1) is 15.9. The van der Waals surface area contributed by atoms with Gasteiger partial charge in [-0.1, -0.05) is 28.9 Å². The molecule has 0 atom stereocenters. The molecule has 9 nitrogen and oxygen atoms in total. The number of ketones is 1. The molecule has 3 N–H and O–H groups in total. The minimum Gasteiger partial charge on any atom is -0.383 e. The summed E-state index contributed by atoms with van der Waals surface area (Å²) in [5.41, 5.74) is 9.87. The molecule has 0 spiro atoms. The van der Waals surface area contributed by atoms with Crippen LogP contribution in [0, 0.1) is 6.92 Å². The fraction of sp³-hybridized carbons (Fsp3) is 0.174. The molecule has 1 amide bonds. The maximum atomic E-state index is 12.6. The van der Waals surface area contributed by atoms with Crippen LogP contribution in [0.15, 0.2) is 58.1 Å². The first kappa shape index (κ1) is 22.3. The fourth-order valence-corrected chi connectivity index (χ4v) is 3.84. The van der Waals surface area contributed by atoms with E-state index in [-0.39, 0.29) is 29.9 Å². The summed E-state index contributed by atoms with van der Waals surface area (Å²) in [7, 11) is 0. The Hall–Kier alpha value is -3.92. The number of amides is 1. The van der Waals surface area contributed by atoms with Crippen LogP contribution in [0.25, 0.3) is 22.8 Å². The molecular formula is C23H22N6O3S. The zero-order valence-corrected chi connectivity index (χ0v) is 19.1.